The van der Waals surface area contributed by atoms with E-state index in [2.05, 4.69) is 15.6 Å². The smallest absolute Gasteiger partial charge is 0.321 e. The lowest BCUT2D eigenvalue weighted by Gasteiger charge is -2.32. The molecule has 1 aliphatic heterocycles. The summed E-state index contributed by atoms with van der Waals surface area (Å²) in [6.07, 6.45) is 4.56. The Hall–Kier alpha value is -3.22. The van der Waals surface area contributed by atoms with Gasteiger partial charge in [-0.2, -0.15) is 0 Å². The number of anilines is 1. The largest absolute Gasteiger partial charge is 0.349 e. The number of urea groups is 1. The van der Waals surface area contributed by atoms with Gasteiger partial charge in [0.2, 0.25) is 0 Å². The Morgan fingerprint density at radius 1 is 1.04 bits per heavy atom. The van der Waals surface area contributed by atoms with Crippen molar-refractivity contribution in [3.05, 3.63) is 59.9 Å². The van der Waals surface area contributed by atoms with E-state index in [9.17, 15) is 14.4 Å². The molecule has 3 rings (SSSR count). The number of piperidine rings is 1. The third kappa shape index (κ3) is 4.91. The highest BCUT2D eigenvalue weighted by molar-refractivity contribution is 5.95. The number of benzene rings is 1. The van der Waals surface area contributed by atoms with Crippen LogP contribution in [0, 0.1) is 0 Å². The molecule has 27 heavy (non-hydrogen) atoms. The van der Waals surface area contributed by atoms with E-state index in [0.29, 0.717) is 42.7 Å². The van der Waals surface area contributed by atoms with Crippen LogP contribution in [0.25, 0.3) is 0 Å². The Morgan fingerprint density at radius 3 is 2.33 bits per heavy atom. The van der Waals surface area contributed by atoms with Crippen molar-refractivity contribution in [2.24, 2.45) is 0 Å². The third-order valence-corrected chi connectivity index (χ3v) is 4.58. The van der Waals surface area contributed by atoms with Crippen molar-refractivity contribution >= 4 is 23.4 Å². The first-order valence-corrected chi connectivity index (χ1v) is 8.91. The Kier molecular flexibility index (Phi) is 5.80. The molecule has 2 N–H and O–H groups in total. The van der Waals surface area contributed by atoms with Crippen molar-refractivity contribution in [2.45, 2.75) is 25.8 Å². The molecule has 7 heteroatoms. The maximum absolute atomic E-state index is 12.4. The fourth-order valence-electron chi connectivity index (χ4n) is 2.98. The Bertz CT molecular complexity index is 813. The predicted molar refractivity (Wildman–Crippen MR) is 102 cm³/mol. The number of rotatable bonds is 4. The molecule has 1 aromatic heterocycles. The normalized spacial score (nSPS) is 14.5. The number of ketones is 1. The summed E-state index contributed by atoms with van der Waals surface area (Å²) in [5, 5.41) is 5.83. The molecule has 7 nitrogen and oxygen atoms in total. The number of carbonyl (C=O) groups excluding carboxylic acids is 3. The summed E-state index contributed by atoms with van der Waals surface area (Å²) in [5.41, 5.74) is 1.79. The topological polar surface area (TPSA) is 91.4 Å². The highest BCUT2D eigenvalue weighted by atomic mass is 16.2. The fourth-order valence-corrected chi connectivity index (χ4v) is 2.98. The molecule has 0 saturated carbocycles. The SMILES string of the molecule is CC(=O)c1ccc(NC(=O)N2CCC(NC(=O)c3cccnc3)CC2)cc1. The quantitative estimate of drug-likeness (QED) is 0.814. The minimum atomic E-state index is -0.178. The number of Topliss-reactive ketones (excluding diaryl/α,β-unsaturated/α-hetero) is 1. The van der Waals surface area contributed by atoms with Crippen LogP contribution in [0.2, 0.25) is 0 Å². The maximum atomic E-state index is 12.4. The summed E-state index contributed by atoms with van der Waals surface area (Å²) in [7, 11) is 0. The van der Waals surface area contributed by atoms with Crippen LogP contribution in [0.15, 0.2) is 48.8 Å². The first-order chi connectivity index (χ1) is 13.0. The summed E-state index contributed by atoms with van der Waals surface area (Å²) >= 11 is 0. The van der Waals surface area contributed by atoms with E-state index >= 15 is 0 Å². The van der Waals surface area contributed by atoms with Gasteiger partial charge in [0.1, 0.15) is 0 Å². The lowest BCUT2D eigenvalue weighted by Crippen LogP contribution is -2.47. The molecule has 0 radical (unpaired) electrons. The van der Waals surface area contributed by atoms with Gasteiger partial charge in [0.25, 0.3) is 5.91 Å². The first-order valence-electron chi connectivity index (χ1n) is 8.91. The van der Waals surface area contributed by atoms with Crippen LogP contribution in [-0.2, 0) is 0 Å². The Balaban J connectivity index is 1.47. The highest BCUT2D eigenvalue weighted by Gasteiger charge is 2.24. The van der Waals surface area contributed by atoms with Crippen LogP contribution in [0.4, 0.5) is 10.5 Å². The van der Waals surface area contributed by atoms with Crippen LogP contribution in [0.1, 0.15) is 40.5 Å². The van der Waals surface area contributed by atoms with E-state index in [1.165, 1.54) is 13.1 Å². The molecular formula is C20H22N4O3. The van der Waals surface area contributed by atoms with Crippen molar-refractivity contribution in [1.82, 2.24) is 15.2 Å². The molecule has 2 aromatic rings. The number of amides is 3. The number of hydrogen-bond acceptors (Lipinski definition) is 4. The number of nitrogens with zero attached hydrogens (tertiary/aromatic N) is 2. The van der Waals surface area contributed by atoms with Crippen LogP contribution in [-0.4, -0.2) is 46.7 Å². The van der Waals surface area contributed by atoms with E-state index in [1.807, 2.05) is 0 Å². The number of hydrogen-bond donors (Lipinski definition) is 2. The van der Waals surface area contributed by atoms with Gasteiger partial charge in [-0.05, 0) is 56.2 Å². The molecule has 0 unspecified atom stereocenters. The standard InChI is InChI=1S/C20H22N4O3/c1-14(25)15-4-6-17(7-5-15)23-20(27)24-11-8-18(9-12-24)22-19(26)16-3-2-10-21-13-16/h2-7,10,13,18H,8-9,11-12H2,1H3,(H,22,26)(H,23,27). The van der Waals surface area contributed by atoms with Gasteiger partial charge in [-0.1, -0.05) is 0 Å². The molecule has 0 atom stereocenters. The van der Waals surface area contributed by atoms with Crippen molar-refractivity contribution in [3.8, 4) is 0 Å². The van der Waals surface area contributed by atoms with E-state index in [-0.39, 0.29) is 23.8 Å². The van der Waals surface area contributed by atoms with Crippen molar-refractivity contribution in [3.63, 3.8) is 0 Å². The summed E-state index contributed by atoms with van der Waals surface area (Å²) in [4.78, 5) is 41.5. The summed E-state index contributed by atoms with van der Waals surface area (Å²) < 4.78 is 0. The van der Waals surface area contributed by atoms with Crippen LogP contribution >= 0.6 is 0 Å². The van der Waals surface area contributed by atoms with Crippen molar-refractivity contribution in [1.29, 1.82) is 0 Å². The molecule has 1 aliphatic rings. The molecule has 1 saturated heterocycles. The van der Waals surface area contributed by atoms with E-state index in [4.69, 9.17) is 0 Å². The molecule has 2 heterocycles. The fraction of sp³-hybridized carbons (Fsp3) is 0.300. The Morgan fingerprint density at radius 2 is 1.74 bits per heavy atom. The minimum absolute atomic E-state index is 0.0109. The van der Waals surface area contributed by atoms with Gasteiger partial charge < -0.3 is 15.5 Å². The number of likely N-dealkylation sites (tertiary alicyclic amines) is 1. The lowest BCUT2D eigenvalue weighted by atomic mass is 10.0. The number of pyridine rings is 1. The van der Waals surface area contributed by atoms with Gasteiger partial charge in [-0.3, -0.25) is 14.6 Å². The average Bonchev–Trinajstić information content (AvgIpc) is 2.69. The minimum Gasteiger partial charge on any atom is -0.349 e. The van der Waals surface area contributed by atoms with Gasteiger partial charge in [-0.25, -0.2) is 4.79 Å². The summed E-state index contributed by atoms with van der Waals surface area (Å²) in [6, 6.07) is 10.1. The van der Waals surface area contributed by atoms with Gasteiger partial charge >= 0.3 is 6.03 Å². The molecule has 3 amide bonds. The van der Waals surface area contributed by atoms with Crippen molar-refractivity contribution < 1.29 is 14.4 Å². The maximum Gasteiger partial charge on any atom is 0.321 e. The zero-order valence-electron chi connectivity index (χ0n) is 15.1. The molecule has 1 fully saturated rings. The third-order valence-electron chi connectivity index (χ3n) is 4.58. The molecule has 0 aliphatic carbocycles. The molecule has 0 spiro atoms. The monoisotopic (exact) mass is 366 g/mol. The predicted octanol–water partition coefficient (Wildman–Crippen LogP) is 2.71. The van der Waals surface area contributed by atoms with E-state index in [1.54, 1.807) is 47.5 Å². The van der Waals surface area contributed by atoms with Crippen molar-refractivity contribution in [2.75, 3.05) is 18.4 Å². The van der Waals surface area contributed by atoms with Crippen LogP contribution in [0.3, 0.4) is 0 Å². The van der Waals surface area contributed by atoms with Gasteiger partial charge in [-0.15, -0.1) is 0 Å². The highest BCUT2D eigenvalue weighted by Crippen LogP contribution is 2.15. The number of aromatic nitrogens is 1. The van der Waals surface area contributed by atoms with Gasteiger partial charge in [0.05, 0.1) is 5.56 Å². The molecule has 0 bridgehead atoms. The zero-order valence-corrected chi connectivity index (χ0v) is 15.1. The number of carbonyl (C=O) groups is 3. The van der Waals surface area contributed by atoms with Gasteiger partial charge in [0.15, 0.2) is 5.78 Å². The van der Waals surface area contributed by atoms with Gasteiger partial charge in [0, 0.05) is 42.8 Å². The second kappa shape index (κ2) is 8.44. The first kappa shape index (κ1) is 18.6. The molecular weight excluding hydrogens is 344 g/mol. The lowest BCUT2D eigenvalue weighted by molar-refractivity contribution is 0.0918. The average molecular weight is 366 g/mol. The van der Waals surface area contributed by atoms with Crippen LogP contribution in [0.5, 0.6) is 0 Å². The summed E-state index contributed by atoms with van der Waals surface area (Å²) in [6.45, 7) is 2.63. The van der Waals surface area contributed by atoms with E-state index in [0.717, 1.165) is 0 Å². The second-order valence-corrected chi connectivity index (χ2v) is 6.54. The Labute approximate surface area is 157 Å². The molecule has 140 valence electrons. The molecule has 1 aromatic carbocycles. The zero-order chi connectivity index (χ0) is 19.2. The van der Waals surface area contributed by atoms with Crippen LogP contribution < -0.4 is 10.6 Å². The summed E-state index contributed by atoms with van der Waals surface area (Å²) in [5.74, 6) is -0.153. The second-order valence-electron chi connectivity index (χ2n) is 6.54. The van der Waals surface area contributed by atoms with E-state index < -0.39 is 0 Å². The number of nitrogens with one attached hydrogen (secondary N) is 2.